The molecule has 0 unspecified atom stereocenters. The second kappa shape index (κ2) is 8.39. The number of para-hydroxylation sites is 3. The van der Waals surface area contributed by atoms with E-state index in [9.17, 15) is 9.90 Å². The molecule has 0 aliphatic carbocycles. The maximum Gasteiger partial charge on any atom is 0.337 e. The van der Waals surface area contributed by atoms with Crippen LogP contribution in [0.2, 0.25) is 0 Å². The van der Waals surface area contributed by atoms with E-state index in [0.717, 1.165) is 11.4 Å². The van der Waals surface area contributed by atoms with Crippen molar-refractivity contribution in [1.29, 1.82) is 0 Å². The van der Waals surface area contributed by atoms with Gasteiger partial charge < -0.3 is 20.5 Å². The second-order valence-electron chi connectivity index (χ2n) is 6.48. The lowest BCUT2D eigenvalue weighted by Crippen LogP contribution is -2.09. The lowest BCUT2D eigenvalue weighted by atomic mass is 10.2. The third-order valence-electron chi connectivity index (χ3n) is 3.77. The van der Waals surface area contributed by atoms with Crippen molar-refractivity contribution >= 4 is 29.1 Å². The Labute approximate surface area is 163 Å². The molecule has 0 bridgehead atoms. The van der Waals surface area contributed by atoms with Crippen molar-refractivity contribution in [3.05, 3.63) is 65.9 Å². The molecule has 0 atom stereocenters. The van der Waals surface area contributed by atoms with Crippen molar-refractivity contribution in [1.82, 2.24) is 9.97 Å². The quantitative estimate of drug-likeness (QED) is 0.545. The number of nitrogens with zero attached hydrogens (tertiary/aromatic N) is 2. The van der Waals surface area contributed by atoms with Crippen LogP contribution in [0, 0.1) is 6.92 Å². The van der Waals surface area contributed by atoms with Gasteiger partial charge in [0.2, 0.25) is 5.95 Å². The molecule has 1 aromatic heterocycles. The summed E-state index contributed by atoms with van der Waals surface area (Å²) < 4.78 is 5.82. The van der Waals surface area contributed by atoms with Crippen molar-refractivity contribution in [3.63, 3.8) is 0 Å². The number of hydrogen-bond acceptors (Lipinski definition) is 6. The van der Waals surface area contributed by atoms with E-state index < -0.39 is 5.97 Å². The Morgan fingerprint density at radius 1 is 1.00 bits per heavy atom. The fourth-order valence-corrected chi connectivity index (χ4v) is 2.65. The van der Waals surface area contributed by atoms with Crippen molar-refractivity contribution in [2.75, 3.05) is 10.6 Å². The third kappa shape index (κ3) is 4.76. The van der Waals surface area contributed by atoms with Gasteiger partial charge in [-0.3, -0.25) is 0 Å². The zero-order valence-corrected chi connectivity index (χ0v) is 15.9. The number of carboxylic acid groups (broad SMARTS) is 1. The maximum absolute atomic E-state index is 11.4. The Bertz CT molecular complexity index is 989. The van der Waals surface area contributed by atoms with Gasteiger partial charge >= 0.3 is 5.97 Å². The molecule has 28 heavy (non-hydrogen) atoms. The van der Waals surface area contributed by atoms with Crippen LogP contribution in [0.25, 0.3) is 0 Å². The summed E-state index contributed by atoms with van der Waals surface area (Å²) in [5.41, 5.74) is 2.11. The van der Waals surface area contributed by atoms with Gasteiger partial charge in [0.25, 0.3) is 0 Å². The van der Waals surface area contributed by atoms with E-state index in [1.807, 2.05) is 45.0 Å². The van der Waals surface area contributed by atoms with E-state index in [0.29, 0.717) is 23.2 Å². The molecular formula is C21H22N4O3. The normalized spacial score (nSPS) is 10.6. The molecule has 7 nitrogen and oxygen atoms in total. The zero-order valence-electron chi connectivity index (χ0n) is 15.9. The molecule has 0 aliphatic rings. The molecule has 7 heteroatoms. The van der Waals surface area contributed by atoms with E-state index in [1.165, 1.54) is 6.07 Å². The number of nitrogens with one attached hydrogen (secondary N) is 2. The molecule has 144 valence electrons. The van der Waals surface area contributed by atoms with Gasteiger partial charge in [-0.1, -0.05) is 24.3 Å². The highest BCUT2D eigenvalue weighted by atomic mass is 16.5. The van der Waals surface area contributed by atoms with Gasteiger partial charge in [-0.2, -0.15) is 4.98 Å². The SMILES string of the molecule is Cc1cc(Nc2ccccc2C(=O)O)nc(Nc2ccccc2OC(C)C)n1. The number of anilines is 4. The molecule has 0 fully saturated rings. The molecule has 0 saturated carbocycles. The van der Waals surface area contributed by atoms with Gasteiger partial charge in [-0.15, -0.1) is 0 Å². The highest BCUT2D eigenvalue weighted by molar-refractivity contribution is 5.95. The number of aromatic nitrogens is 2. The third-order valence-corrected chi connectivity index (χ3v) is 3.77. The average Bonchev–Trinajstić information content (AvgIpc) is 2.63. The summed E-state index contributed by atoms with van der Waals surface area (Å²) in [5, 5.41) is 15.6. The van der Waals surface area contributed by atoms with Gasteiger partial charge in [0, 0.05) is 11.8 Å². The first kappa shape index (κ1) is 19.2. The summed E-state index contributed by atoms with van der Waals surface area (Å²) in [6.07, 6.45) is 0.0334. The van der Waals surface area contributed by atoms with E-state index >= 15 is 0 Å². The Balaban J connectivity index is 1.88. The molecule has 1 heterocycles. The lowest BCUT2D eigenvalue weighted by Gasteiger charge is -2.15. The molecule has 3 aromatic rings. The number of hydrogen-bond donors (Lipinski definition) is 3. The predicted octanol–water partition coefficient (Wildman–Crippen LogP) is 4.76. The number of aromatic carboxylic acids is 1. The number of carbonyl (C=O) groups is 1. The Hall–Kier alpha value is -3.61. The second-order valence-corrected chi connectivity index (χ2v) is 6.48. The number of rotatable bonds is 7. The molecule has 3 rings (SSSR count). The van der Waals surface area contributed by atoms with Gasteiger partial charge in [-0.05, 0) is 45.0 Å². The van der Waals surface area contributed by atoms with Crippen LogP contribution in [0.3, 0.4) is 0 Å². The standard InChI is InChI=1S/C21H22N4O3/c1-13(2)28-18-11-7-6-10-17(18)24-21-22-14(3)12-19(25-21)23-16-9-5-4-8-15(16)20(26)27/h4-13H,1-3H3,(H,26,27)(H2,22,23,24,25). The first-order valence-corrected chi connectivity index (χ1v) is 8.90. The van der Waals surface area contributed by atoms with Crippen LogP contribution < -0.4 is 15.4 Å². The van der Waals surface area contributed by atoms with Gasteiger partial charge in [0.1, 0.15) is 11.6 Å². The lowest BCUT2D eigenvalue weighted by molar-refractivity contribution is 0.0698. The molecule has 2 aromatic carbocycles. The molecule has 0 aliphatic heterocycles. The molecule has 0 spiro atoms. The van der Waals surface area contributed by atoms with Gasteiger partial charge in [0.15, 0.2) is 0 Å². The van der Waals surface area contributed by atoms with Crippen molar-refractivity contribution in [2.45, 2.75) is 26.9 Å². The van der Waals surface area contributed by atoms with Crippen molar-refractivity contribution in [3.8, 4) is 5.75 Å². The number of benzene rings is 2. The van der Waals surface area contributed by atoms with E-state index in [2.05, 4.69) is 20.6 Å². The molecule has 0 amide bonds. The van der Waals surface area contributed by atoms with E-state index in [-0.39, 0.29) is 11.7 Å². The Kier molecular flexibility index (Phi) is 5.74. The van der Waals surface area contributed by atoms with Gasteiger partial charge in [-0.25, -0.2) is 9.78 Å². The van der Waals surface area contributed by atoms with Crippen LogP contribution in [0.15, 0.2) is 54.6 Å². The summed E-state index contributed by atoms with van der Waals surface area (Å²) in [7, 11) is 0. The highest BCUT2D eigenvalue weighted by Crippen LogP contribution is 2.28. The zero-order chi connectivity index (χ0) is 20.1. The summed E-state index contributed by atoms with van der Waals surface area (Å²) in [6.45, 7) is 5.77. The van der Waals surface area contributed by atoms with E-state index in [1.54, 1.807) is 24.3 Å². The monoisotopic (exact) mass is 378 g/mol. The van der Waals surface area contributed by atoms with Crippen LogP contribution in [-0.4, -0.2) is 27.1 Å². The Morgan fingerprint density at radius 2 is 1.68 bits per heavy atom. The summed E-state index contributed by atoms with van der Waals surface area (Å²) in [5.74, 6) is 0.571. The highest BCUT2D eigenvalue weighted by Gasteiger charge is 2.12. The van der Waals surface area contributed by atoms with Crippen molar-refractivity contribution in [2.24, 2.45) is 0 Å². The molecule has 0 saturated heterocycles. The summed E-state index contributed by atoms with van der Waals surface area (Å²) in [4.78, 5) is 20.3. The molecule has 0 radical (unpaired) electrons. The topological polar surface area (TPSA) is 96.4 Å². The van der Waals surface area contributed by atoms with Crippen LogP contribution in [0.5, 0.6) is 5.75 Å². The Morgan fingerprint density at radius 3 is 2.39 bits per heavy atom. The van der Waals surface area contributed by atoms with Crippen LogP contribution in [0.1, 0.15) is 29.9 Å². The minimum atomic E-state index is -1.01. The number of aryl methyl sites for hydroxylation is 1. The smallest absolute Gasteiger partial charge is 0.337 e. The van der Waals surface area contributed by atoms with Crippen LogP contribution in [-0.2, 0) is 0 Å². The molecule has 3 N–H and O–H groups in total. The first-order valence-electron chi connectivity index (χ1n) is 8.90. The average molecular weight is 378 g/mol. The fourth-order valence-electron chi connectivity index (χ4n) is 2.65. The minimum absolute atomic E-state index is 0.0334. The summed E-state index contributed by atoms with van der Waals surface area (Å²) >= 11 is 0. The number of ether oxygens (including phenoxy) is 1. The summed E-state index contributed by atoms with van der Waals surface area (Å²) in [6, 6.07) is 16.0. The first-order chi connectivity index (χ1) is 13.4. The number of carboxylic acids is 1. The van der Waals surface area contributed by atoms with E-state index in [4.69, 9.17) is 4.74 Å². The molecular weight excluding hydrogens is 356 g/mol. The largest absolute Gasteiger partial charge is 0.489 e. The van der Waals surface area contributed by atoms with Gasteiger partial charge in [0.05, 0.1) is 23.0 Å². The fraction of sp³-hybridized carbons (Fsp3) is 0.190. The van der Waals surface area contributed by atoms with Crippen LogP contribution >= 0.6 is 0 Å². The van der Waals surface area contributed by atoms with Crippen LogP contribution in [0.4, 0.5) is 23.1 Å². The predicted molar refractivity (Wildman–Crippen MR) is 109 cm³/mol. The minimum Gasteiger partial charge on any atom is -0.489 e. The van der Waals surface area contributed by atoms with Crippen molar-refractivity contribution < 1.29 is 14.6 Å². The maximum atomic E-state index is 11.4.